The van der Waals surface area contributed by atoms with Crippen LogP contribution in [0.15, 0.2) is 91.0 Å². The molecule has 1 aliphatic heterocycles. The van der Waals surface area contributed by atoms with Gasteiger partial charge >= 0.3 is 6.03 Å². The molecular weight excluding hydrogens is 412 g/mol. The second kappa shape index (κ2) is 9.20. The number of likely N-dealkylation sites (N-methyl/N-ethyl adjacent to an activating group) is 1. The maximum atomic E-state index is 13.6. The third-order valence-electron chi connectivity index (χ3n) is 6.89. The summed E-state index contributed by atoms with van der Waals surface area (Å²) in [7, 11) is 1.73. The van der Waals surface area contributed by atoms with Crippen LogP contribution in [-0.4, -0.2) is 39.9 Å². The van der Waals surface area contributed by atoms with E-state index in [2.05, 4.69) is 0 Å². The maximum Gasteiger partial charge on any atom is 0.327 e. The van der Waals surface area contributed by atoms with Crippen LogP contribution in [0.1, 0.15) is 43.0 Å². The van der Waals surface area contributed by atoms with Crippen molar-refractivity contribution in [1.82, 2.24) is 9.80 Å². The number of carbonyl (C=O) groups excluding carboxylic acids is 2. The molecule has 1 saturated heterocycles. The summed E-state index contributed by atoms with van der Waals surface area (Å²) in [4.78, 5) is 29.7. The van der Waals surface area contributed by atoms with Gasteiger partial charge < -0.3 is 10.0 Å². The molecule has 3 aromatic carbocycles. The largest absolute Gasteiger partial charge is 0.380 e. The molecule has 0 radical (unpaired) electrons. The Hall–Kier alpha value is -3.44. The van der Waals surface area contributed by atoms with Crippen LogP contribution in [0, 0.1) is 5.92 Å². The molecule has 3 atom stereocenters. The van der Waals surface area contributed by atoms with Crippen molar-refractivity contribution in [3.8, 4) is 0 Å². The number of hydrogen-bond acceptors (Lipinski definition) is 3. The lowest BCUT2D eigenvalue weighted by Gasteiger charge is -2.36. The Balaban J connectivity index is 1.68. The predicted octanol–water partition coefficient (Wildman–Crippen LogP) is 4.97. The monoisotopic (exact) mass is 442 g/mol. The van der Waals surface area contributed by atoms with E-state index in [1.807, 2.05) is 105 Å². The molecule has 1 N–H and O–H groups in total. The Labute approximate surface area is 195 Å². The highest BCUT2D eigenvalue weighted by Crippen LogP contribution is 2.40. The fourth-order valence-electron chi connectivity index (χ4n) is 4.86. The van der Waals surface area contributed by atoms with Gasteiger partial charge in [0.2, 0.25) is 5.91 Å². The molecule has 3 amide bonds. The van der Waals surface area contributed by atoms with Crippen LogP contribution >= 0.6 is 0 Å². The number of aliphatic hydroxyl groups is 1. The Kier molecular flexibility index (Phi) is 6.34. The number of hydrogen-bond donors (Lipinski definition) is 1. The molecule has 5 nitrogen and oxygen atoms in total. The zero-order chi connectivity index (χ0) is 23.6. The van der Waals surface area contributed by atoms with Crippen LogP contribution in [0.4, 0.5) is 4.79 Å². The van der Waals surface area contributed by atoms with Crippen molar-refractivity contribution in [1.29, 1.82) is 0 Å². The fraction of sp³-hybridized carbons (Fsp3) is 0.286. The number of amides is 3. The molecule has 4 rings (SSSR count). The van der Waals surface area contributed by atoms with Crippen LogP contribution in [0.2, 0.25) is 0 Å². The van der Waals surface area contributed by atoms with Crippen molar-refractivity contribution in [2.45, 2.75) is 38.0 Å². The van der Waals surface area contributed by atoms with E-state index in [0.717, 1.165) is 5.56 Å². The predicted molar refractivity (Wildman–Crippen MR) is 128 cm³/mol. The van der Waals surface area contributed by atoms with E-state index >= 15 is 0 Å². The molecule has 33 heavy (non-hydrogen) atoms. The molecule has 5 heteroatoms. The standard InChI is InChI=1S/C28H30N2O3/c1-20(28(33,23-15-9-5-10-16-23)24-17-11-6-12-18-24)19-25(31)30-26(21(2)29(3)27(30)32)22-13-7-4-8-14-22/h4-18,20-21,26,33H,19H2,1-3H3/t20-,21+,26+/m0/s1. The highest BCUT2D eigenvalue weighted by atomic mass is 16.3. The summed E-state index contributed by atoms with van der Waals surface area (Å²) >= 11 is 0. The highest BCUT2D eigenvalue weighted by Gasteiger charge is 2.47. The van der Waals surface area contributed by atoms with E-state index in [4.69, 9.17) is 0 Å². The van der Waals surface area contributed by atoms with Gasteiger partial charge in [-0.25, -0.2) is 4.79 Å². The summed E-state index contributed by atoms with van der Waals surface area (Å²) in [5.74, 6) is -0.761. The minimum atomic E-state index is -1.37. The van der Waals surface area contributed by atoms with E-state index in [0.29, 0.717) is 11.1 Å². The zero-order valence-electron chi connectivity index (χ0n) is 19.3. The van der Waals surface area contributed by atoms with Crippen molar-refractivity contribution >= 4 is 11.9 Å². The molecule has 0 spiro atoms. The van der Waals surface area contributed by atoms with E-state index < -0.39 is 11.5 Å². The summed E-state index contributed by atoms with van der Waals surface area (Å²) in [5.41, 5.74) is 0.981. The SMILES string of the molecule is C[C@@H]1[C@H](c2ccccc2)N(C(=O)C[C@H](C)C(O)(c2ccccc2)c2ccccc2)C(=O)N1C. The van der Waals surface area contributed by atoms with E-state index in [-0.39, 0.29) is 30.4 Å². The minimum absolute atomic E-state index is 0.0237. The summed E-state index contributed by atoms with van der Waals surface area (Å²) in [6.45, 7) is 3.82. The Morgan fingerprint density at radius 1 is 0.909 bits per heavy atom. The van der Waals surface area contributed by atoms with E-state index in [1.165, 1.54) is 4.90 Å². The van der Waals surface area contributed by atoms with Gasteiger partial charge in [0.1, 0.15) is 5.60 Å². The van der Waals surface area contributed by atoms with Crippen LogP contribution in [0.5, 0.6) is 0 Å². The third-order valence-corrected chi connectivity index (χ3v) is 6.89. The normalized spacial score (nSPS) is 19.6. The molecule has 0 bridgehead atoms. The van der Waals surface area contributed by atoms with E-state index in [1.54, 1.807) is 11.9 Å². The smallest absolute Gasteiger partial charge is 0.327 e. The molecule has 170 valence electrons. The Bertz CT molecular complexity index is 1060. The van der Waals surface area contributed by atoms with Gasteiger partial charge in [-0.1, -0.05) is 97.9 Å². The third kappa shape index (κ3) is 4.05. The van der Waals surface area contributed by atoms with Gasteiger partial charge in [0.25, 0.3) is 0 Å². The highest BCUT2D eigenvalue weighted by molar-refractivity contribution is 5.97. The Morgan fingerprint density at radius 3 is 1.85 bits per heavy atom. The zero-order valence-corrected chi connectivity index (χ0v) is 19.3. The van der Waals surface area contributed by atoms with Gasteiger partial charge in [0, 0.05) is 19.4 Å². The number of benzene rings is 3. The summed E-state index contributed by atoms with van der Waals surface area (Å²) in [5, 5.41) is 12.0. The lowest BCUT2D eigenvalue weighted by atomic mass is 9.75. The average Bonchev–Trinajstić information content (AvgIpc) is 3.09. The second-order valence-corrected chi connectivity index (χ2v) is 8.86. The van der Waals surface area contributed by atoms with Crippen molar-refractivity contribution in [2.75, 3.05) is 7.05 Å². The first-order valence-electron chi connectivity index (χ1n) is 11.3. The maximum absolute atomic E-state index is 13.6. The molecule has 3 aromatic rings. The number of rotatable bonds is 6. The molecule has 1 aliphatic rings. The lowest BCUT2D eigenvalue weighted by molar-refractivity contribution is -0.132. The number of carbonyl (C=O) groups is 2. The van der Waals surface area contributed by atoms with Crippen molar-refractivity contribution < 1.29 is 14.7 Å². The fourth-order valence-corrected chi connectivity index (χ4v) is 4.86. The first-order chi connectivity index (χ1) is 15.9. The van der Waals surface area contributed by atoms with Gasteiger partial charge in [-0.3, -0.25) is 9.69 Å². The summed E-state index contributed by atoms with van der Waals surface area (Å²) in [6.07, 6.45) is 0.0237. The molecule has 0 unspecified atom stereocenters. The first kappa shape index (κ1) is 22.7. The molecule has 1 heterocycles. The number of nitrogens with zero attached hydrogens (tertiary/aromatic N) is 2. The van der Waals surface area contributed by atoms with Gasteiger partial charge in [0.15, 0.2) is 0 Å². The van der Waals surface area contributed by atoms with Crippen LogP contribution in [-0.2, 0) is 10.4 Å². The molecule has 0 aromatic heterocycles. The summed E-state index contributed by atoms with van der Waals surface area (Å²) in [6, 6.07) is 27.6. The van der Waals surface area contributed by atoms with Crippen LogP contribution in [0.3, 0.4) is 0 Å². The van der Waals surface area contributed by atoms with Gasteiger partial charge in [-0.05, 0) is 23.6 Å². The second-order valence-electron chi connectivity index (χ2n) is 8.86. The van der Waals surface area contributed by atoms with Gasteiger partial charge in [0.05, 0.1) is 12.1 Å². The molecule has 0 aliphatic carbocycles. The Morgan fingerprint density at radius 2 is 1.36 bits per heavy atom. The van der Waals surface area contributed by atoms with E-state index in [9.17, 15) is 14.7 Å². The first-order valence-corrected chi connectivity index (χ1v) is 11.3. The van der Waals surface area contributed by atoms with Crippen molar-refractivity contribution in [3.05, 3.63) is 108 Å². The van der Waals surface area contributed by atoms with Gasteiger partial charge in [-0.2, -0.15) is 0 Å². The van der Waals surface area contributed by atoms with Crippen LogP contribution < -0.4 is 0 Å². The average molecular weight is 443 g/mol. The van der Waals surface area contributed by atoms with Crippen molar-refractivity contribution in [3.63, 3.8) is 0 Å². The molecule has 1 fully saturated rings. The lowest BCUT2D eigenvalue weighted by Crippen LogP contribution is -2.41. The number of imide groups is 1. The van der Waals surface area contributed by atoms with Crippen molar-refractivity contribution in [2.24, 2.45) is 5.92 Å². The van der Waals surface area contributed by atoms with Crippen LogP contribution in [0.25, 0.3) is 0 Å². The topological polar surface area (TPSA) is 60.9 Å². The minimum Gasteiger partial charge on any atom is -0.380 e. The number of urea groups is 1. The molecule has 0 saturated carbocycles. The van der Waals surface area contributed by atoms with Gasteiger partial charge in [-0.15, -0.1) is 0 Å². The quantitative estimate of drug-likeness (QED) is 0.586. The summed E-state index contributed by atoms with van der Waals surface area (Å²) < 4.78 is 0. The molecular formula is C28H30N2O3.